The molecule has 0 saturated heterocycles. The zero-order valence-corrected chi connectivity index (χ0v) is 9.68. The van der Waals surface area contributed by atoms with E-state index in [1.54, 1.807) is 0 Å². The molecule has 5 nitrogen and oxygen atoms in total. The summed E-state index contributed by atoms with van der Waals surface area (Å²) in [6, 6.07) is 5.63. The van der Waals surface area contributed by atoms with Gasteiger partial charge in [0.25, 0.3) is 0 Å². The Labute approximate surface area is 99.4 Å². The summed E-state index contributed by atoms with van der Waals surface area (Å²) in [5, 5.41) is 8.52. The fourth-order valence-electron chi connectivity index (χ4n) is 1.87. The Balaban J connectivity index is 2.51. The third-order valence-corrected chi connectivity index (χ3v) is 2.59. The zero-order valence-electron chi connectivity index (χ0n) is 9.68. The number of aromatic nitrogens is 2. The van der Waals surface area contributed by atoms with Crippen LogP contribution >= 0.6 is 0 Å². The monoisotopic (exact) mass is 230 g/mol. The second-order valence-corrected chi connectivity index (χ2v) is 3.70. The number of hydrogen-bond acceptors (Lipinski definition) is 4. The number of hydrogen-bond donors (Lipinski definition) is 1. The standard InChI is InChI=1S/C12H14N4O/c1-9-10(4-5-13)16-7-2-3-11(12(16)15-9)17-8-6-14/h2-3,7H,4-5,8,13H2,1H3. The summed E-state index contributed by atoms with van der Waals surface area (Å²) in [7, 11) is 0. The molecule has 2 N–H and O–H groups in total. The maximum Gasteiger partial charge on any atom is 0.180 e. The van der Waals surface area contributed by atoms with Gasteiger partial charge in [-0.3, -0.25) is 0 Å². The van der Waals surface area contributed by atoms with Crippen molar-refractivity contribution < 1.29 is 4.74 Å². The van der Waals surface area contributed by atoms with Crippen LogP contribution in [0, 0.1) is 18.3 Å². The molecule has 0 aromatic carbocycles. The van der Waals surface area contributed by atoms with Crippen LogP contribution in [-0.4, -0.2) is 22.5 Å². The van der Waals surface area contributed by atoms with E-state index in [0.717, 1.165) is 23.5 Å². The first-order valence-electron chi connectivity index (χ1n) is 5.44. The van der Waals surface area contributed by atoms with E-state index in [9.17, 15) is 0 Å². The largest absolute Gasteiger partial charge is 0.475 e. The molecule has 2 heterocycles. The summed E-state index contributed by atoms with van der Waals surface area (Å²) >= 11 is 0. The van der Waals surface area contributed by atoms with Crippen molar-refractivity contribution in [3.05, 3.63) is 29.7 Å². The Morgan fingerprint density at radius 1 is 1.59 bits per heavy atom. The Morgan fingerprint density at radius 3 is 3.12 bits per heavy atom. The smallest absolute Gasteiger partial charge is 0.180 e. The van der Waals surface area contributed by atoms with Gasteiger partial charge in [0.2, 0.25) is 0 Å². The van der Waals surface area contributed by atoms with Gasteiger partial charge in [-0.25, -0.2) is 4.98 Å². The SMILES string of the molecule is Cc1nc2c(OCC#N)cccn2c1CCN. The molecule has 0 saturated carbocycles. The minimum absolute atomic E-state index is 0.0256. The van der Waals surface area contributed by atoms with Gasteiger partial charge in [-0.15, -0.1) is 0 Å². The molecular formula is C12H14N4O. The van der Waals surface area contributed by atoms with Crippen molar-refractivity contribution in [2.75, 3.05) is 13.2 Å². The number of nitriles is 1. The molecule has 17 heavy (non-hydrogen) atoms. The van der Waals surface area contributed by atoms with Crippen LogP contribution in [-0.2, 0) is 6.42 Å². The highest BCUT2D eigenvalue weighted by molar-refractivity contribution is 5.56. The molecule has 0 atom stereocenters. The fraction of sp³-hybridized carbons (Fsp3) is 0.333. The van der Waals surface area contributed by atoms with Crippen molar-refractivity contribution in [1.82, 2.24) is 9.38 Å². The van der Waals surface area contributed by atoms with E-state index < -0.39 is 0 Å². The van der Waals surface area contributed by atoms with E-state index in [4.69, 9.17) is 15.7 Å². The van der Waals surface area contributed by atoms with Crippen molar-refractivity contribution in [3.63, 3.8) is 0 Å². The van der Waals surface area contributed by atoms with Gasteiger partial charge in [0.15, 0.2) is 18.0 Å². The molecule has 0 aliphatic rings. The molecule has 88 valence electrons. The molecule has 0 unspecified atom stereocenters. The first-order chi connectivity index (χ1) is 8.27. The highest BCUT2D eigenvalue weighted by Crippen LogP contribution is 2.21. The molecule has 0 amide bonds. The average molecular weight is 230 g/mol. The second kappa shape index (κ2) is 4.85. The fourth-order valence-corrected chi connectivity index (χ4v) is 1.87. The lowest BCUT2D eigenvalue weighted by molar-refractivity contribution is 0.370. The van der Waals surface area contributed by atoms with Gasteiger partial charge in [-0.05, 0) is 25.6 Å². The van der Waals surface area contributed by atoms with Crippen LogP contribution in [0.25, 0.3) is 5.65 Å². The number of fused-ring (bicyclic) bond motifs is 1. The van der Waals surface area contributed by atoms with Crippen molar-refractivity contribution >= 4 is 5.65 Å². The normalized spacial score (nSPS) is 10.4. The Kier molecular flexibility index (Phi) is 3.26. The number of imidazole rings is 1. The van der Waals surface area contributed by atoms with Gasteiger partial charge in [0, 0.05) is 18.3 Å². The van der Waals surface area contributed by atoms with Gasteiger partial charge >= 0.3 is 0 Å². The van der Waals surface area contributed by atoms with Crippen molar-refractivity contribution in [3.8, 4) is 11.8 Å². The van der Waals surface area contributed by atoms with Crippen LogP contribution in [0.3, 0.4) is 0 Å². The number of nitrogens with zero attached hydrogens (tertiary/aromatic N) is 3. The molecule has 0 bridgehead atoms. The predicted molar refractivity (Wildman–Crippen MR) is 63.8 cm³/mol. The lowest BCUT2D eigenvalue weighted by Crippen LogP contribution is -2.06. The van der Waals surface area contributed by atoms with Crippen LogP contribution in [0.1, 0.15) is 11.4 Å². The maximum absolute atomic E-state index is 8.52. The minimum atomic E-state index is 0.0256. The van der Waals surface area contributed by atoms with Crippen LogP contribution in [0.2, 0.25) is 0 Å². The molecule has 5 heteroatoms. The second-order valence-electron chi connectivity index (χ2n) is 3.70. The van der Waals surface area contributed by atoms with Gasteiger partial charge < -0.3 is 14.9 Å². The van der Waals surface area contributed by atoms with E-state index in [1.165, 1.54) is 0 Å². The van der Waals surface area contributed by atoms with Crippen molar-refractivity contribution in [2.45, 2.75) is 13.3 Å². The van der Waals surface area contributed by atoms with E-state index >= 15 is 0 Å². The highest BCUT2D eigenvalue weighted by Gasteiger charge is 2.11. The lowest BCUT2D eigenvalue weighted by Gasteiger charge is -2.04. The Hall–Kier alpha value is -2.06. The predicted octanol–water partition coefficient (Wildman–Crippen LogP) is 1.05. The number of rotatable bonds is 4. The molecular weight excluding hydrogens is 216 g/mol. The van der Waals surface area contributed by atoms with E-state index in [1.807, 2.05) is 35.7 Å². The topological polar surface area (TPSA) is 76.3 Å². The number of nitrogens with two attached hydrogens (primary N) is 1. The van der Waals surface area contributed by atoms with E-state index in [0.29, 0.717) is 12.3 Å². The Bertz CT molecular complexity index is 568. The Morgan fingerprint density at radius 2 is 2.41 bits per heavy atom. The minimum Gasteiger partial charge on any atom is -0.475 e. The number of pyridine rings is 1. The highest BCUT2D eigenvalue weighted by atomic mass is 16.5. The molecule has 0 aliphatic heterocycles. The third kappa shape index (κ3) is 2.08. The molecule has 0 spiro atoms. The van der Waals surface area contributed by atoms with Crippen LogP contribution < -0.4 is 10.5 Å². The number of aryl methyl sites for hydroxylation is 1. The summed E-state index contributed by atoms with van der Waals surface area (Å²) in [5.41, 5.74) is 8.36. The van der Waals surface area contributed by atoms with Gasteiger partial charge in [0.1, 0.15) is 6.07 Å². The van der Waals surface area contributed by atoms with E-state index in [-0.39, 0.29) is 6.61 Å². The molecule has 2 rings (SSSR count). The van der Waals surface area contributed by atoms with E-state index in [2.05, 4.69) is 4.98 Å². The summed E-state index contributed by atoms with van der Waals surface area (Å²) < 4.78 is 7.31. The van der Waals surface area contributed by atoms with Gasteiger partial charge in [-0.2, -0.15) is 5.26 Å². The van der Waals surface area contributed by atoms with Gasteiger partial charge in [0.05, 0.1) is 5.69 Å². The van der Waals surface area contributed by atoms with Crippen LogP contribution in [0.15, 0.2) is 18.3 Å². The maximum atomic E-state index is 8.52. The van der Waals surface area contributed by atoms with Gasteiger partial charge in [-0.1, -0.05) is 0 Å². The quantitative estimate of drug-likeness (QED) is 0.851. The van der Waals surface area contributed by atoms with Crippen molar-refractivity contribution in [1.29, 1.82) is 5.26 Å². The van der Waals surface area contributed by atoms with Crippen molar-refractivity contribution in [2.24, 2.45) is 5.73 Å². The zero-order chi connectivity index (χ0) is 12.3. The molecule has 2 aromatic rings. The molecule has 0 radical (unpaired) electrons. The third-order valence-electron chi connectivity index (χ3n) is 2.59. The average Bonchev–Trinajstić information content (AvgIpc) is 2.65. The molecule has 0 fully saturated rings. The summed E-state index contributed by atoms with van der Waals surface area (Å²) in [6.07, 6.45) is 2.70. The van der Waals surface area contributed by atoms with Crippen LogP contribution in [0.4, 0.5) is 0 Å². The first kappa shape index (κ1) is 11.4. The lowest BCUT2D eigenvalue weighted by atomic mass is 10.2. The summed E-state index contributed by atoms with van der Waals surface area (Å²) in [5.74, 6) is 0.625. The van der Waals surface area contributed by atoms with Crippen LogP contribution in [0.5, 0.6) is 5.75 Å². The summed E-state index contributed by atoms with van der Waals surface area (Å²) in [6.45, 7) is 2.56. The first-order valence-corrected chi connectivity index (χ1v) is 5.44. The summed E-state index contributed by atoms with van der Waals surface area (Å²) in [4.78, 5) is 4.46. The molecule has 0 aliphatic carbocycles. The number of ether oxygens (including phenoxy) is 1. The molecule has 2 aromatic heterocycles.